The van der Waals surface area contributed by atoms with E-state index in [1.807, 2.05) is 19.1 Å². The number of thiophene rings is 1. The van der Waals surface area contributed by atoms with Gasteiger partial charge in [0.05, 0.1) is 10.6 Å². The Morgan fingerprint density at radius 2 is 1.93 bits per heavy atom. The highest BCUT2D eigenvalue weighted by molar-refractivity contribution is 7.21. The molecular formula is C23H27N3O3S. The summed E-state index contributed by atoms with van der Waals surface area (Å²) in [7, 11) is 1.69. The van der Waals surface area contributed by atoms with Gasteiger partial charge in [-0.15, -0.1) is 11.3 Å². The van der Waals surface area contributed by atoms with E-state index in [4.69, 9.17) is 4.52 Å². The second-order valence-electron chi connectivity index (χ2n) is 7.88. The van der Waals surface area contributed by atoms with Crippen molar-refractivity contribution in [3.05, 3.63) is 52.2 Å². The van der Waals surface area contributed by atoms with E-state index < -0.39 is 0 Å². The van der Waals surface area contributed by atoms with Crippen LogP contribution in [0.15, 0.2) is 34.9 Å². The van der Waals surface area contributed by atoms with Crippen LogP contribution in [0.1, 0.15) is 70.0 Å². The number of hydrogen-bond acceptors (Lipinski definition) is 5. The molecule has 2 aromatic heterocycles. The first kappa shape index (κ1) is 20.6. The van der Waals surface area contributed by atoms with Crippen LogP contribution in [0.3, 0.4) is 0 Å². The van der Waals surface area contributed by atoms with Gasteiger partial charge in [-0.2, -0.15) is 0 Å². The second-order valence-corrected chi connectivity index (χ2v) is 8.94. The van der Waals surface area contributed by atoms with Crippen LogP contribution in [0.2, 0.25) is 0 Å². The zero-order chi connectivity index (χ0) is 21.1. The Labute approximate surface area is 180 Å². The van der Waals surface area contributed by atoms with Crippen molar-refractivity contribution in [2.24, 2.45) is 5.92 Å². The smallest absolute Gasteiger partial charge is 0.289 e. The lowest BCUT2D eigenvalue weighted by atomic mass is 9.77. The van der Waals surface area contributed by atoms with Gasteiger partial charge in [0.25, 0.3) is 11.8 Å². The average molecular weight is 426 g/mol. The number of amides is 2. The molecule has 1 aliphatic carbocycles. The number of hydrogen-bond donors (Lipinski definition) is 2. The van der Waals surface area contributed by atoms with Crippen molar-refractivity contribution in [1.29, 1.82) is 0 Å². The van der Waals surface area contributed by atoms with Gasteiger partial charge in [-0.3, -0.25) is 9.59 Å². The van der Waals surface area contributed by atoms with Gasteiger partial charge in [0.1, 0.15) is 0 Å². The molecule has 0 aliphatic heterocycles. The average Bonchev–Trinajstić information content (AvgIpc) is 3.42. The van der Waals surface area contributed by atoms with E-state index in [1.165, 1.54) is 15.6 Å². The molecular weight excluding hydrogens is 398 g/mol. The van der Waals surface area contributed by atoms with Crippen LogP contribution in [0, 0.1) is 5.92 Å². The number of benzene rings is 1. The quantitative estimate of drug-likeness (QED) is 0.608. The van der Waals surface area contributed by atoms with Gasteiger partial charge in [-0.1, -0.05) is 30.3 Å². The highest BCUT2D eigenvalue weighted by Gasteiger charge is 2.29. The van der Waals surface area contributed by atoms with Crippen LogP contribution in [0.4, 0.5) is 0 Å². The van der Waals surface area contributed by atoms with Crippen molar-refractivity contribution in [3.63, 3.8) is 0 Å². The Morgan fingerprint density at radius 3 is 2.63 bits per heavy atom. The van der Waals surface area contributed by atoms with E-state index in [9.17, 15) is 9.59 Å². The Kier molecular flexibility index (Phi) is 6.18. The Morgan fingerprint density at radius 1 is 1.17 bits per heavy atom. The molecule has 30 heavy (non-hydrogen) atoms. The molecule has 2 N–H and O–H groups in total. The lowest BCUT2D eigenvalue weighted by molar-refractivity contribution is 0.0904. The summed E-state index contributed by atoms with van der Waals surface area (Å²) < 4.78 is 6.28. The first-order chi connectivity index (χ1) is 14.6. The predicted molar refractivity (Wildman–Crippen MR) is 118 cm³/mol. The monoisotopic (exact) mass is 425 g/mol. The third-order valence-electron chi connectivity index (χ3n) is 6.02. The summed E-state index contributed by atoms with van der Waals surface area (Å²) in [6.07, 6.45) is 4.84. The number of nitrogens with one attached hydrogen (secondary N) is 2. The van der Waals surface area contributed by atoms with Crippen molar-refractivity contribution < 1.29 is 14.1 Å². The van der Waals surface area contributed by atoms with Crippen molar-refractivity contribution in [2.75, 3.05) is 13.6 Å². The van der Waals surface area contributed by atoms with E-state index >= 15 is 0 Å². The number of nitrogens with zero attached hydrogens (tertiary/aromatic N) is 1. The van der Waals surface area contributed by atoms with E-state index in [0.717, 1.165) is 42.7 Å². The highest BCUT2D eigenvalue weighted by Crippen LogP contribution is 2.43. The van der Waals surface area contributed by atoms with E-state index in [0.29, 0.717) is 18.4 Å². The molecule has 1 saturated carbocycles. The molecule has 0 unspecified atom stereocenters. The molecule has 4 rings (SSSR count). The molecule has 6 nitrogen and oxygen atoms in total. The summed E-state index contributed by atoms with van der Waals surface area (Å²) in [5, 5.41) is 10.9. The minimum atomic E-state index is -0.199. The standard InChI is InChI=1S/C23H27N3O3S/c1-3-16-12-18(29-26-16)22(27)25-13-14-8-10-15(11-9-14)20-17-6-4-5-7-19(17)30-21(20)23(28)24-2/h4-7,12,14-15H,3,8-11,13H2,1-2H3,(H,24,28)(H,25,27). The number of aromatic nitrogens is 1. The summed E-state index contributed by atoms with van der Waals surface area (Å²) in [6, 6.07) is 9.98. The topological polar surface area (TPSA) is 84.2 Å². The predicted octanol–water partition coefficient (Wildman–Crippen LogP) is 4.52. The number of carbonyl (C=O) groups is 2. The fourth-order valence-corrected chi connectivity index (χ4v) is 5.55. The van der Waals surface area contributed by atoms with Gasteiger partial charge in [-0.05, 0) is 61.0 Å². The van der Waals surface area contributed by atoms with Crippen LogP contribution in [0.5, 0.6) is 0 Å². The SMILES string of the molecule is CCc1cc(C(=O)NCC2CCC(c3c(C(=O)NC)sc4ccccc34)CC2)on1. The van der Waals surface area contributed by atoms with Crippen LogP contribution in [-0.2, 0) is 6.42 Å². The Hall–Kier alpha value is -2.67. The zero-order valence-corrected chi connectivity index (χ0v) is 18.2. The fourth-order valence-electron chi connectivity index (χ4n) is 4.32. The summed E-state index contributed by atoms with van der Waals surface area (Å²) in [4.78, 5) is 25.6. The van der Waals surface area contributed by atoms with Crippen molar-refractivity contribution in [1.82, 2.24) is 15.8 Å². The lowest BCUT2D eigenvalue weighted by Crippen LogP contribution is -2.31. The number of carbonyl (C=O) groups excluding carboxylic acids is 2. The molecule has 158 valence electrons. The maximum atomic E-state index is 12.5. The van der Waals surface area contributed by atoms with Gasteiger partial charge in [0, 0.05) is 24.4 Å². The molecule has 0 spiro atoms. The molecule has 1 aromatic carbocycles. The van der Waals surface area contributed by atoms with Crippen molar-refractivity contribution >= 4 is 33.2 Å². The molecule has 0 saturated heterocycles. The summed E-state index contributed by atoms with van der Waals surface area (Å²) in [5.41, 5.74) is 1.99. The number of rotatable bonds is 6. The van der Waals surface area contributed by atoms with Crippen LogP contribution >= 0.6 is 11.3 Å². The lowest BCUT2D eigenvalue weighted by Gasteiger charge is -2.29. The molecule has 0 radical (unpaired) electrons. The van der Waals surface area contributed by atoms with Crippen LogP contribution in [0.25, 0.3) is 10.1 Å². The van der Waals surface area contributed by atoms with Crippen molar-refractivity contribution in [2.45, 2.75) is 44.9 Å². The maximum Gasteiger partial charge on any atom is 0.289 e. The molecule has 1 aliphatic rings. The molecule has 2 heterocycles. The van der Waals surface area contributed by atoms with E-state index in [1.54, 1.807) is 24.5 Å². The molecule has 1 fully saturated rings. The maximum absolute atomic E-state index is 12.5. The summed E-state index contributed by atoms with van der Waals surface area (Å²) >= 11 is 1.58. The molecule has 0 bridgehead atoms. The summed E-state index contributed by atoms with van der Waals surface area (Å²) in [5.74, 6) is 0.892. The highest BCUT2D eigenvalue weighted by atomic mass is 32.1. The van der Waals surface area contributed by atoms with Gasteiger partial charge in [-0.25, -0.2) is 0 Å². The third kappa shape index (κ3) is 4.12. The Bertz CT molecular complexity index is 1050. The van der Waals surface area contributed by atoms with Gasteiger partial charge in [0.2, 0.25) is 5.76 Å². The Balaban J connectivity index is 1.40. The number of fused-ring (bicyclic) bond motifs is 1. The largest absolute Gasteiger partial charge is 0.354 e. The van der Waals surface area contributed by atoms with E-state index in [2.05, 4.69) is 27.9 Å². The second kappa shape index (κ2) is 9.00. The van der Waals surface area contributed by atoms with Gasteiger partial charge >= 0.3 is 0 Å². The summed E-state index contributed by atoms with van der Waals surface area (Å²) in [6.45, 7) is 2.62. The fraction of sp³-hybridized carbons (Fsp3) is 0.435. The first-order valence-electron chi connectivity index (χ1n) is 10.6. The molecule has 7 heteroatoms. The minimum Gasteiger partial charge on any atom is -0.354 e. The first-order valence-corrected chi connectivity index (χ1v) is 11.4. The van der Waals surface area contributed by atoms with Gasteiger partial charge in [0.15, 0.2) is 0 Å². The van der Waals surface area contributed by atoms with Crippen LogP contribution < -0.4 is 10.6 Å². The minimum absolute atomic E-state index is 0.000840. The number of aryl methyl sites for hydroxylation is 1. The van der Waals surface area contributed by atoms with Crippen molar-refractivity contribution in [3.8, 4) is 0 Å². The third-order valence-corrected chi connectivity index (χ3v) is 7.20. The normalized spacial score (nSPS) is 19.0. The van der Waals surface area contributed by atoms with Crippen LogP contribution in [-0.4, -0.2) is 30.6 Å². The zero-order valence-electron chi connectivity index (χ0n) is 17.4. The van der Waals surface area contributed by atoms with E-state index in [-0.39, 0.29) is 17.6 Å². The van der Waals surface area contributed by atoms with Gasteiger partial charge < -0.3 is 15.2 Å². The molecule has 0 atom stereocenters. The molecule has 2 amide bonds. The molecule has 3 aromatic rings.